The molecule has 1 aromatic carbocycles. The van der Waals surface area contributed by atoms with Crippen molar-refractivity contribution in [1.29, 1.82) is 0 Å². The maximum atomic E-state index is 12.4. The minimum atomic E-state index is -1.08. The molecule has 1 aromatic rings. The zero-order chi connectivity index (χ0) is 19.3. The Hall–Kier alpha value is -2.81. The molecule has 1 heterocycles. The number of carboxylic acids is 1. The van der Waals surface area contributed by atoms with E-state index in [1.165, 1.54) is 13.0 Å². The van der Waals surface area contributed by atoms with Crippen LogP contribution in [0.3, 0.4) is 0 Å². The van der Waals surface area contributed by atoms with Crippen molar-refractivity contribution < 1.29 is 33.8 Å². The Morgan fingerprint density at radius 1 is 1.27 bits per heavy atom. The van der Waals surface area contributed by atoms with Gasteiger partial charge in [-0.3, -0.25) is 14.5 Å². The minimum absolute atomic E-state index is 0.158. The highest BCUT2D eigenvalue weighted by molar-refractivity contribution is 8.18. The Balaban J connectivity index is 2.11. The molecule has 138 valence electrons. The fourth-order valence-electron chi connectivity index (χ4n) is 2.14. The van der Waals surface area contributed by atoms with Gasteiger partial charge in [0.1, 0.15) is 11.8 Å². The first-order valence-electron chi connectivity index (χ1n) is 7.71. The van der Waals surface area contributed by atoms with Crippen molar-refractivity contribution in [3.8, 4) is 5.75 Å². The van der Waals surface area contributed by atoms with Crippen LogP contribution < -0.4 is 4.74 Å². The van der Waals surface area contributed by atoms with Crippen molar-refractivity contribution >= 4 is 40.9 Å². The molecule has 9 heteroatoms. The second-order valence-electron chi connectivity index (χ2n) is 5.23. The van der Waals surface area contributed by atoms with Crippen molar-refractivity contribution in [1.82, 2.24) is 4.90 Å². The second-order valence-corrected chi connectivity index (χ2v) is 6.22. The van der Waals surface area contributed by atoms with Crippen LogP contribution in [0.15, 0.2) is 29.2 Å². The van der Waals surface area contributed by atoms with E-state index in [1.807, 2.05) is 0 Å². The van der Waals surface area contributed by atoms with E-state index in [0.717, 1.165) is 16.7 Å². The molecular formula is C17H17NO7S. The third-order valence-corrected chi connectivity index (χ3v) is 4.26. The fraction of sp³-hybridized carbons (Fsp3) is 0.294. The Morgan fingerprint density at radius 3 is 2.50 bits per heavy atom. The summed E-state index contributed by atoms with van der Waals surface area (Å²) in [4.78, 5) is 47.8. The number of carbonyl (C=O) groups excluding carboxylic acids is 3. The van der Waals surface area contributed by atoms with Crippen LogP contribution in [-0.2, 0) is 19.1 Å². The van der Waals surface area contributed by atoms with Crippen LogP contribution in [0, 0.1) is 0 Å². The quantitative estimate of drug-likeness (QED) is 0.567. The average molecular weight is 379 g/mol. The number of benzene rings is 1. The Kier molecular flexibility index (Phi) is 6.40. The topological polar surface area (TPSA) is 110 Å². The molecule has 1 N–H and O–H groups in total. The average Bonchev–Trinajstić information content (AvgIpc) is 2.87. The number of rotatable bonds is 7. The zero-order valence-corrected chi connectivity index (χ0v) is 14.9. The molecule has 26 heavy (non-hydrogen) atoms. The molecule has 0 spiro atoms. The SMILES string of the molecule is CCOC(=O)[C@H](C)N1C(=O)S/C(=C/c2ccc(OCC(=O)O)cc2)C1=O. The monoisotopic (exact) mass is 379 g/mol. The molecule has 8 nitrogen and oxygen atoms in total. The molecule has 0 aromatic heterocycles. The van der Waals surface area contributed by atoms with E-state index >= 15 is 0 Å². The van der Waals surface area contributed by atoms with Crippen LogP contribution in [0.4, 0.5) is 4.79 Å². The van der Waals surface area contributed by atoms with Crippen LogP contribution in [-0.4, -0.2) is 52.3 Å². The van der Waals surface area contributed by atoms with Gasteiger partial charge in [-0.1, -0.05) is 12.1 Å². The summed E-state index contributed by atoms with van der Waals surface area (Å²) < 4.78 is 9.87. The van der Waals surface area contributed by atoms with Crippen LogP contribution >= 0.6 is 11.8 Å². The lowest BCUT2D eigenvalue weighted by Crippen LogP contribution is -2.42. The maximum Gasteiger partial charge on any atom is 0.341 e. The van der Waals surface area contributed by atoms with E-state index in [1.54, 1.807) is 31.2 Å². The van der Waals surface area contributed by atoms with E-state index in [9.17, 15) is 19.2 Å². The van der Waals surface area contributed by atoms with Crippen molar-refractivity contribution in [2.24, 2.45) is 0 Å². The van der Waals surface area contributed by atoms with Crippen molar-refractivity contribution in [3.63, 3.8) is 0 Å². The summed E-state index contributed by atoms with van der Waals surface area (Å²) in [6, 6.07) is 5.36. The van der Waals surface area contributed by atoms with E-state index in [-0.39, 0.29) is 11.5 Å². The van der Waals surface area contributed by atoms with Crippen molar-refractivity contribution in [2.75, 3.05) is 13.2 Å². The first kappa shape index (κ1) is 19.5. The molecule has 2 rings (SSSR count). The van der Waals surface area contributed by atoms with Crippen LogP contribution in [0.2, 0.25) is 0 Å². The molecule has 2 amide bonds. The number of carboxylic acid groups (broad SMARTS) is 1. The normalized spacial score (nSPS) is 16.7. The molecular weight excluding hydrogens is 362 g/mol. The summed E-state index contributed by atoms with van der Waals surface area (Å²) in [7, 11) is 0. The van der Waals surface area contributed by atoms with Gasteiger partial charge in [0.15, 0.2) is 6.61 Å². The molecule has 1 fully saturated rings. The summed E-state index contributed by atoms with van der Waals surface area (Å²) in [6.07, 6.45) is 1.52. The second kappa shape index (κ2) is 8.52. The number of thioether (sulfide) groups is 1. The van der Waals surface area contributed by atoms with Gasteiger partial charge in [0.25, 0.3) is 11.1 Å². The summed E-state index contributed by atoms with van der Waals surface area (Å²) in [5, 5.41) is 8.03. The number of hydrogen-bond donors (Lipinski definition) is 1. The molecule has 0 radical (unpaired) electrons. The molecule has 1 atom stereocenters. The van der Waals surface area contributed by atoms with Gasteiger partial charge >= 0.3 is 11.9 Å². The molecule has 0 unspecified atom stereocenters. The predicted molar refractivity (Wildman–Crippen MR) is 93.5 cm³/mol. The molecule has 1 aliphatic heterocycles. The van der Waals surface area contributed by atoms with Crippen LogP contribution in [0.1, 0.15) is 19.4 Å². The highest BCUT2D eigenvalue weighted by atomic mass is 32.2. The lowest BCUT2D eigenvalue weighted by molar-refractivity contribution is -0.150. The number of hydrogen-bond acceptors (Lipinski definition) is 7. The molecule has 0 bridgehead atoms. The van der Waals surface area contributed by atoms with E-state index in [4.69, 9.17) is 14.6 Å². The Morgan fingerprint density at radius 2 is 1.92 bits per heavy atom. The zero-order valence-electron chi connectivity index (χ0n) is 14.1. The van der Waals surface area contributed by atoms with Crippen molar-refractivity contribution in [2.45, 2.75) is 19.9 Å². The molecule has 1 aliphatic rings. The third-order valence-electron chi connectivity index (χ3n) is 3.38. The van der Waals surface area contributed by atoms with Gasteiger partial charge in [0, 0.05) is 0 Å². The third kappa shape index (κ3) is 4.63. The predicted octanol–water partition coefficient (Wildman–Crippen LogP) is 2.14. The standard InChI is InChI=1S/C17H17NO7S/c1-3-24-16(22)10(2)18-15(21)13(26-17(18)23)8-11-4-6-12(7-5-11)25-9-14(19)20/h4-8,10H,3,9H2,1-2H3,(H,19,20)/b13-8+/t10-/m0/s1. The number of carbonyl (C=O) groups is 4. The largest absolute Gasteiger partial charge is 0.482 e. The number of nitrogens with zero attached hydrogens (tertiary/aromatic N) is 1. The van der Waals surface area contributed by atoms with Gasteiger partial charge < -0.3 is 14.6 Å². The molecule has 1 saturated heterocycles. The van der Waals surface area contributed by atoms with E-state index in [2.05, 4.69) is 0 Å². The number of esters is 1. The van der Waals surface area contributed by atoms with Gasteiger partial charge in [-0.15, -0.1) is 0 Å². The van der Waals surface area contributed by atoms with Crippen molar-refractivity contribution in [3.05, 3.63) is 34.7 Å². The summed E-state index contributed by atoms with van der Waals surface area (Å²) in [5.74, 6) is -1.92. The lowest BCUT2D eigenvalue weighted by Gasteiger charge is -2.19. The minimum Gasteiger partial charge on any atom is -0.482 e. The summed E-state index contributed by atoms with van der Waals surface area (Å²) in [6.45, 7) is 2.78. The lowest BCUT2D eigenvalue weighted by atomic mass is 10.2. The Bertz CT molecular complexity index is 757. The highest BCUT2D eigenvalue weighted by Gasteiger charge is 2.41. The highest BCUT2D eigenvalue weighted by Crippen LogP contribution is 2.34. The number of imide groups is 1. The number of ether oxygens (including phenoxy) is 2. The smallest absolute Gasteiger partial charge is 0.341 e. The molecule has 0 aliphatic carbocycles. The van der Waals surface area contributed by atoms with Gasteiger partial charge in [0.05, 0.1) is 11.5 Å². The van der Waals surface area contributed by atoms with Crippen LogP contribution in [0.25, 0.3) is 6.08 Å². The first-order valence-corrected chi connectivity index (χ1v) is 8.53. The van der Waals surface area contributed by atoms with Gasteiger partial charge in [-0.25, -0.2) is 9.59 Å². The number of aliphatic carboxylic acids is 1. The molecule has 0 saturated carbocycles. The summed E-state index contributed by atoms with van der Waals surface area (Å²) >= 11 is 0.741. The first-order chi connectivity index (χ1) is 12.3. The van der Waals surface area contributed by atoms with Gasteiger partial charge in [-0.05, 0) is 49.4 Å². The Labute approximate surface area is 153 Å². The van der Waals surface area contributed by atoms with Gasteiger partial charge in [-0.2, -0.15) is 0 Å². The summed E-state index contributed by atoms with van der Waals surface area (Å²) in [5.41, 5.74) is 0.627. The van der Waals surface area contributed by atoms with Gasteiger partial charge in [0.2, 0.25) is 0 Å². The fourth-order valence-corrected chi connectivity index (χ4v) is 3.05. The number of amides is 2. The van der Waals surface area contributed by atoms with E-state index < -0.39 is 35.7 Å². The van der Waals surface area contributed by atoms with Crippen LogP contribution in [0.5, 0.6) is 5.75 Å². The van der Waals surface area contributed by atoms with E-state index in [0.29, 0.717) is 11.3 Å². The maximum absolute atomic E-state index is 12.4.